The van der Waals surface area contributed by atoms with Gasteiger partial charge >= 0.3 is 0 Å². The molecule has 44 heavy (non-hydrogen) atoms. The van der Waals surface area contributed by atoms with Gasteiger partial charge in [-0.15, -0.1) is 0 Å². The number of fused-ring (bicyclic) bond motifs is 2. The average Bonchev–Trinajstić information content (AvgIpc) is 3.62. The van der Waals surface area contributed by atoms with Gasteiger partial charge in [0.2, 0.25) is 5.91 Å². The second-order valence-electron chi connectivity index (χ2n) is 10.6. The number of nitrogens with one attached hydrogen (secondary N) is 4. The number of H-pyrrole nitrogens is 2. The number of halogens is 2. The minimum Gasteiger partial charge on any atom is -0.384 e. The topological polar surface area (TPSA) is 140 Å². The number of hydrogen-bond donors (Lipinski definition) is 4. The number of benzene rings is 1. The molecule has 0 aliphatic carbocycles. The van der Waals surface area contributed by atoms with Gasteiger partial charge in [-0.3, -0.25) is 19.9 Å². The van der Waals surface area contributed by atoms with Gasteiger partial charge in [0, 0.05) is 48.7 Å². The summed E-state index contributed by atoms with van der Waals surface area (Å²) in [5, 5.41) is 13.4. The highest BCUT2D eigenvalue weighted by Gasteiger charge is 2.22. The number of pyridine rings is 3. The summed E-state index contributed by atoms with van der Waals surface area (Å²) in [6, 6.07) is 8.13. The quantitative estimate of drug-likeness (QED) is 0.160. The first-order chi connectivity index (χ1) is 21.3. The zero-order valence-corrected chi connectivity index (χ0v) is 24.4. The number of carbonyl (C=O) groups excluding carboxylic acids is 1. The molecular formula is C31H30F2N10O. The van der Waals surface area contributed by atoms with Crippen LogP contribution < -0.4 is 10.6 Å². The summed E-state index contributed by atoms with van der Waals surface area (Å²) in [4.78, 5) is 34.9. The second-order valence-corrected chi connectivity index (χ2v) is 10.6. The molecule has 0 saturated carbocycles. The molecule has 0 unspecified atom stereocenters. The summed E-state index contributed by atoms with van der Waals surface area (Å²) in [5.41, 5.74) is 4.32. The zero-order valence-electron chi connectivity index (χ0n) is 24.4. The van der Waals surface area contributed by atoms with E-state index in [-0.39, 0.29) is 34.3 Å². The van der Waals surface area contributed by atoms with Crippen LogP contribution in [0.1, 0.15) is 19.8 Å². The minimum atomic E-state index is -0.628. The fraction of sp³-hybridized carbons (Fsp3) is 0.226. The van der Waals surface area contributed by atoms with Crippen LogP contribution >= 0.6 is 0 Å². The maximum Gasteiger partial charge on any atom is 0.224 e. The van der Waals surface area contributed by atoms with E-state index in [1.807, 2.05) is 32.0 Å². The summed E-state index contributed by atoms with van der Waals surface area (Å²) in [7, 11) is 3.94. The largest absolute Gasteiger partial charge is 0.384 e. The van der Waals surface area contributed by atoms with E-state index in [0.29, 0.717) is 64.1 Å². The van der Waals surface area contributed by atoms with Crippen LogP contribution in [0.25, 0.3) is 56.0 Å². The number of aromatic amines is 2. The molecular weight excluding hydrogens is 566 g/mol. The van der Waals surface area contributed by atoms with E-state index < -0.39 is 5.82 Å². The smallest absolute Gasteiger partial charge is 0.224 e. The third-order valence-corrected chi connectivity index (χ3v) is 7.02. The van der Waals surface area contributed by atoms with Crippen LogP contribution in [0, 0.1) is 11.6 Å². The molecule has 1 aromatic carbocycles. The number of carbonyl (C=O) groups is 1. The number of nitrogens with zero attached hydrogens (tertiary/aromatic N) is 6. The van der Waals surface area contributed by atoms with E-state index in [1.165, 1.54) is 30.7 Å². The van der Waals surface area contributed by atoms with E-state index in [4.69, 9.17) is 4.98 Å². The number of likely N-dealkylation sites (N-methyl/N-ethyl adjacent to an activating group) is 1. The van der Waals surface area contributed by atoms with E-state index in [0.717, 1.165) is 6.54 Å². The number of amides is 1. The Morgan fingerprint density at radius 2 is 1.84 bits per heavy atom. The van der Waals surface area contributed by atoms with Gasteiger partial charge in [0.15, 0.2) is 17.3 Å². The van der Waals surface area contributed by atoms with Crippen molar-refractivity contribution < 1.29 is 13.6 Å². The molecule has 1 amide bonds. The van der Waals surface area contributed by atoms with Gasteiger partial charge in [0.05, 0.1) is 29.0 Å². The number of hydrogen-bond acceptors (Lipinski definition) is 8. The number of anilines is 2. The predicted octanol–water partition coefficient (Wildman–Crippen LogP) is 5.62. The molecule has 0 atom stereocenters. The van der Waals surface area contributed by atoms with Crippen molar-refractivity contribution in [2.24, 2.45) is 0 Å². The average molecular weight is 597 g/mol. The monoisotopic (exact) mass is 596 g/mol. The molecule has 0 fully saturated rings. The molecule has 5 heterocycles. The minimum absolute atomic E-state index is 0.0447. The first-order valence-corrected chi connectivity index (χ1v) is 14.1. The fourth-order valence-corrected chi connectivity index (χ4v) is 4.96. The summed E-state index contributed by atoms with van der Waals surface area (Å²) in [5.74, 6) is -0.890. The molecule has 0 radical (unpaired) electrons. The Morgan fingerprint density at radius 1 is 1.00 bits per heavy atom. The third-order valence-electron chi connectivity index (χ3n) is 7.02. The lowest BCUT2D eigenvalue weighted by molar-refractivity contribution is -0.116. The first kappa shape index (κ1) is 28.8. The first-order valence-electron chi connectivity index (χ1n) is 14.1. The summed E-state index contributed by atoms with van der Waals surface area (Å²) >= 11 is 0. The van der Waals surface area contributed by atoms with Gasteiger partial charge in [0.1, 0.15) is 22.7 Å². The zero-order chi connectivity index (χ0) is 30.8. The molecule has 224 valence electrons. The predicted molar refractivity (Wildman–Crippen MR) is 166 cm³/mol. The van der Waals surface area contributed by atoms with Crippen molar-refractivity contribution in [1.29, 1.82) is 0 Å². The highest BCUT2D eigenvalue weighted by atomic mass is 19.1. The highest BCUT2D eigenvalue weighted by Crippen LogP contribution is 2.35. The molecule has 0 saturated heterocycles. The van der Waals surface area contributed by atoms with Gasteiger partial charge in [-0.1, -0.05) is 6.92 Å². The molecule has 0 aliphatic heterocycles. The fourth-order valence-electron chi connectivity index (χ4n) is 4.96. The summed E-state index contributed by atoms with van der Waals surface area (Å²) in [6.07, 6.45) is 7.13. The molecule has 11 nitrogen and oxygen atoms in total. The van der Waals surface area contributed by atoms with Crippen LogP contribution in [0.5, 0.6) is 0 Å². The maximum atomic E-state index is 16.1. The van der Waals surface area contributed by atoms with Gasteiger partial charge in [0.25, 0.3) is 0 Å². The van der Waals surface area contributed by atoms with Crippen LogP contribution in [-0.4, -0.2) is 73.1 Å². The van der Waals surface area contributed by atoms with Gasteiger partial charge in [-0.05, 0) is 56.4 Å². The van der Waals surface area contributed by atoms with Gasteiger partial charge < -0.3 is 20.5 Å². The van der Waals surface area contributed by atoms with E-state index in [1.54, 1.807) is 18.3 Å². The Bertz CT molecular complexity index is 1980. The van der Waals surface area contributed by atoms with Crippen LogP contribution in [0.15, 0.2) is 55.1 Å². The molecule has 0 aliphatic rings. The van der Waals surface area contributed by atoms with Crippen LogP contribution in [0.4, 0.5) is 20.2 Å². The summed E-state index contributed by atoms with van der Waals surface area (Å²) in [6.45, 7) is 3.35. The third kappa shape index (κ3) is 5.81. The maximum absolute atomic E-state index is 16.1. The summed E-state index contributed by atoms with van der Waals surface area (Å²) < 4.78 is 30.8. The van der Waals surface area contributed by atoms with Crippen molar-refractivity contribution in [3.8, 4) is 33.9 Å². The van der Waals surface area contributed by atoms with Gasteiger partial charge in [-0.25, -0.2) is 18.7 Å². The molecule has 13 heteroatoms. The Morgan fingerprint density at radius 3 is 2.66 bits per heavy atom. The SMILES string of the molecule is CCCC(=O)Nc1cncc(-c2ncc3[nH]nc(-c4nc5c(-c6cc(F)cc(NCCN(C)C)c6)ccnc5[nH]4)c3c2F)c1. The Hall–Kier alpha value is -5.30. The Labute approximate surface area is 251 Å². The van der Waals surface area contributed by atoms with Crippen molar-refractivity contribution in [3.63, 3.8) is 0 Å². The van der Waals surface area contributed by atoms with Gasteiger partial charge in [-0.2, -0.15) is 5.10 Å². The van der Waals surface area contributed by atoms with E-state index >= 15 is 4.39 Å². The number of rotatable bonds is 10. The highest BCUT2D eigenvalue weighted by molar-refractivity contribution is 5.97. The number of imidazole rings is 1. The van der Waals surface area contributed by atoms with Crippen molar-refractivity contribution in [2.75, 3.05) is 37.8 Å². The molecule has 6 aromatic rings. The van der Waals surface area contributed by atoms with Crippen molar-refractivity contribution in [1.82, 2.24) is 40.0 Å². The normalized spacial score (nSPS) is 11.5. The van der Waals surface area contributed by atoms with Crippen molar-refractivity contribution >= 4 is 39.3 Å². The lowest BCUT2D eigenvalue weighted by Gasteiger charge is -2.12. The van der Waals surface area contributed by atoms with Crippen molar-refractivity contribution in [3.05, 3.63) is 66.8 Å². The standard InChI is InChI=1S/C31H30F2N10O/c1-4-5-24(44)38-21-12-18(14-34-15-21)27-26(33)25-23(16-37-27)41-42-29(25)31-39-28-22(6-7-36-30(28)40-31)17-10-19(32)13-20(11-17)35-8-9-43(2)3/h6-7,10-16,35H,4-5,8-9H2,1-3H3,(H,38,44)(H,41,42)(H,36,39,40). The van der Waals surface area contributed by atoms with E-state index in [9.17, 15) is 9.18 Å². The second kappa shape index (κ2) is 12.1. The lowest BCUT2D eigenvalue weighted by atomic mass is 10.0. The molecule has 0 spiro atoms. The lowest BCUT2D eigenvalue weighted by Crippen LogP contribution is -2.20. The van der Waals surface area contributed by atoms with Crippen LogP contribution in [-0.2, 0) is 4.79 Å². The van der Waals surface area contributed by atoms with Crippen LogP contribution in [0.2, 0.25) is 0 Å². The number of aromatic nitrogens is 7. The van der Waals surface area contributed by atoms with Crippen molar-refractivity contribution in [2.45, 2.75) is 19.8 Å². The molecule has 5 aromatic heterocycles. The molecule has 0 bridgehead atoms. The molecule has 6 rings (SSSR count). The Kier molecular flexibility index (Phi) is 7.94. The van der Waals surface area contributed by atoms with E-state index in [2.05, 4.69) is 40.8 Å². The Balaban J connectivity index is 1.38. The molecule has 4 N–H and O–H groups in total. The van der Waals surface area contributed by atoms with Crippen LogP contribution in [0.3, 0.4) is 0 Å².